The van der Waals surface area contributed by atoms with Crippen molar-refractivity contribution < 1.29 is 14.3 Å². The molecular weight excluding hydrogens is 400 g/mol. The molecule has 160 valence electrons. The Morgan fingerprint density at radius 2 is 1.47 bits per heavy atom. The number of nitrogens with one attached hydrogen (secondary N) is 1. The van der Waals surface area contributed by atoms with E-state index < -0.39 is 6.09 Å². The molecular formula is C27H24N2O3. The zero-order chi connectivity index (χ0) is 22.2. The van der Waals surface area contributed by atoms with Crippen molar-refractivity contribution >= 4 is 11.8 Å². The van der Waals surface area contributed by atoms with E-state index in [9.17, 15) is 4.79 Å². The molecule has 0 heterocycles. The molecule has 0 spiro atoms. The fraction of sp³-hybridized carbons (Fsp3) is 0.0741. The lowest BCUT2D eigenvalue weighted by molar-refractivity contribution is 0.150. The summed E-state index contributed by atoms with van der Waals surface area (Å²) >= 11 is 0. The van der Waals surface area contributed by atoms with Crippen molar-refractivity contribution in [1.29, 1.82) is 0 Å². The first kappa shape index (κ1) is 21.0. The van der Waals surface area contributed by atoms with Crippen LogP contribution in [0.4, 0.5) is 10.5 Å². The molecule has 0 aliphatic carbocycles. The van der Waals surface area contributed by atoms with Crippen molar-refractivity contribution in [3.8, 4) is 22.6 Å². The molecule has 1 amide bonds. The van der Waals surface area contributed by atoms with Gasteiger partial charge in [-0.1, -0.05) is 78.9 Å². The number of para-hydroxylation sites is 2. The van der Waals surface area contributed by atoms with Crippen LogP contribution in [0.25, 0.3) is 11.1 Å². The maximum absolute atomic E-state index is 10.8. The second kappa shape index (κ2) is 10.2. The largest absolute Gasteiger partial charge is 0.455 e. The topological polar surface area (TPSA) is 73.6 Å². The van der Waals surface area contributed by atoms with Crippen LogP contribution >= 0.6 is 0 Å². The van der Waals surface area contributed by atoms with Gasteiger partial charge in [0.2, 0.25) is 0 Å². The fourth-order valence-corrected chi connectivity index (χ4v) is 3.32. The van der Waals surface area contributed by atoms with E-state index in [0.717, 1.165) is 11.3 Å². The molecule has 0 unspecified atom stereocenters. The second-order valence-corrected chi connectivity index (χ2v) is 7.27. The average Bonchev–Trinajstić information content (AvgIpc) is 2.83. The van der Waals surface area contributed by atoms with Gasteiger partial charge in [-0.3, -0.25) is 0 Å². The number of rotatable bonds is 8. The van der Waals surface area contributed by atoms with Crippen molar-refractivity contribution in [2.24, 2.45) is 5.73 Å². The highest BCUT2D eigenvalue weighted by Gasteiger charge is 2.06. The van der Waals surface area contributed by atoms with Crippen molar-refractivity contribution in [3.05, 3.63) is 114 Å². The summed E-state index contributed by atoms with van der Waals surface area (Å²) in [6, 6.07) is 34.0. The molecule has 0 radical (unpaired) electrons. The lowest BCUT2D eigenvalue weighted by Gasteiger charge is -2.14. The van der Waals surface area contributed by atoms with E-state index in [4.69, 9.17) is 15.2 Å². The summed E-state index contributed by atoms with van der Waals surface area (Å²) in [5, 5.41) is 3.45. The monoisotopic (exact) mass is 424 g/mol. The Balaban J connectivity index is 1.42. The number of hydrogen-bond donors (Lipinski definition) is 2. The summed E-state index contributed by atoms with van der Waals surface area (Å²) in [5.74, 6) is 1.36. The number of hydrogen-bond acceptors (Lipinski definition) is 4. The Hall–Kier alpha value is -4.25. The number of anilines is 1. The van der Waals surface area contributed by atoms with Gasteiger partial charge in [-0.25, -0.2) is 4.79 Å². The average molecular weight is 425 g/mol. The maximum atomic E-state index is 10.8. The first-order valence-electron chi connectivity index (χ1n) is 10.3. The van der Waals surface area contributed by atoms with E-state index in [-0.39, 0.29) is 6.61 Å². The SMILES string of the molecule is NC(=O)OCc1cccc(Oc2ccccc2NCc2ccc(-c3ccccc3)cc2)c1. The molecule has 0 aromatic heterocycles. The number of primary amides is 1. The molecule has 0 saturated heterocycles. The first-order valence-corrected chi connectivity index (χ1v) is 10.3. The molecule has 0 atom stereocenters. The Labute approximate surface area is 187 Å². The lowest BCUT2D eigenvalue weighted by atomic mass is 10.0. The Bertz CT molecular complexity index is 1170. The van der Waals surface area contributed by atoms with Gasteiger partial charge < -0.3 is 20.5 Å². The smallest absolute Gasteiger partial charge is 0.404 e. The minimum Gasteiger partial charge on any atom is -0.455 e. The van der Waals surface area contributed by atoms with Crippen LogP contribution in [0.3, 0.4) is 0 Å². The molecule has 5 heteroatoms. The van der Waals surface area contributed by atoms with Gasteiger partial charge in [-0.05, 0) is 46.5 Å². The summed E-state index contributed by atoms with van der Waals surface area (Å²) in [5.41, 5.74) is 10.3. The van der Waals surface area contributed by atoms with Crippen LogP contribution in [0.2, 0.25) is 0 Å². The molecule has 4 aromatic rings. The van der Waals surface area contributed by atoms with Crippen molar-refractivity contribution in [1.82, 2.24) is 0 Å². The molecule has 3 N–H and O–H groups in total. The lowest BCUT2D eigenvalue weighted by Crippen LogP contribution is -2.12. The van der Waals surface area contributed by atoms with Crippen molar-refractivity contribution in [3.63, 3.8) is 0 Å². The Morgan fingerprint density at radius 1 is 0.750 bits per heavy atom. The number of benzene rings is 4. The van der Waals surface area contributed by atoms with Gasteiger partial charge in [0.1, 0.15) is 12.4 Å². The van der Waals surface area contributed by atoms with Gasteiger partial charge in [-0.15, -0.1) is 0 Å². The van der Waals surface area contributed by atoms with E-state index >= 15 is 0 Å². The molecule has 4 aromatic carbocycles. The zero-order valence-electron chi connectivity index (χ0n) is 17.5. The highest BCUT2D eigenvalue weighted by Crippen LogP contribution is 2.30. The van der Waals surface area contributed by atoms with E-state index in [0.29, 0.717) is 18.0 Å². The van der Waals surface area contributed by atoms with Crippen LogP contribution in [-0.2, 0) is 17.9 Å². The van der Waals surface area contributed by atoms with Crippen molar-refractivity contribution in [2.75, 3.05) is 5.32 Å². The summed E-state index contributed by atoms with van der Waals surface area (Å²) in [6.07, 6.45) is -0.803. The Kier molecular flexibility index (Phi) is 6.68. The third kappa shape index (κ3) is 5.67. The van der Waals surface area contributed by atoms with Gasteiger partial charge >= 0.3 is 6.09 Å². The standard InChI is InChI=1S/C27H24N2O3/c28-27(30)31-19-21-7-6-10-24(17-21)32-26-12-5-4-11-25(26)29-18-20-13-15-23(16-14-20)22-8-2-1-3-9-22/h1-17,29H,18-19H2,(H2,28,30). The molecule has 0 bridgehead atoms. The minimum atomic E-state index is -0.803. The summed E-state index contributed by atoms with van der Waals surface area (Å²) < 4.78 is 10.9. The van der Waals surface area contributed by atoms with Crippen LogP contribution in [0.15, 0.2) is 103 Å². The Morgan fingerprint density at radius 3 is 2.25 bits per heavy atom. The molecule has 32 heavy (non-hydrogen) atoms. The summed E-state index contributed by atoms with van der Waals surface area (Å²) in [6.45, 7) is 0.771. The predicted molar refractivity (Wildman–Crippen MR) is 127 cm³/mol. The number of ether oxygens (including phenoxy) is 2. The quantitative estimate of drug-likeness (QED) is 0.345. The normalized spacial score (nSPS) is 10.4. The number of amides is 1. The van der Waals surface area contributed by atoms with Gasteiger partial charge in [0, 0.05) is 6.54 Å². The molecule has 0 aliphatic heterocycles. The van der Waals surface area contributed by atoms with Crippen molar-refractivity contribution in [2.45, 2.75) is 13.2 Å². The van der Waals surface area contributed by atoms with Gasteiger partial charge in [0.15, 0.2) is 5.75 Å². The van der Waals surface area contributed by atoms with Crippen LogP contribution < -0.4 is 15.8 Å². The number of nitrogens with two attached hydrogens (primary N) is 1. The maximum Gasteiger partial charge on any atom is 0.404 e. The first-order chi connectivity index (χ1) is 15.7. The molecule has 4 rings (SSSR count). The highest BCUT2D eigenvalue weighted by molar-refractivity contribution is 5.65. The van der Waals surface area contributed by atoms with Crippen LogP contribution in [0.1, 0.15) is 11.1 Å². The van der Waals surface area contributed by atoms with E-state index in [1.807, 2.05) is 66.7 Å². The fourth-order valence-electron chi connectivity index (χ4n) is 3.32. The minimum absolute atomic E-state index is 0.103. The summed E-state index contributed by atoms with van der Waals surface area (Å²) in [4.78, 5) is 10.8. The molecule has 0 fully saturated rings. The molecule has 0 saturated carbocycles. The number of carbonyl (C=O) groups excluding carboxylic acids is 1. The van der Waals surface area contributed by atoms with Crippen LogP contribution in [0.5, 0.6) is 11.5 Å². The van der Waals surface area contributed by atoms with E-state index in [2.05, 4.69) is 41.7 Å². The summed E-state index contributed by atoms with van der Waals surface area (Å²) in [7, 11) is 0. The van der Waals surface area contributed by atoms with E-state index in [1.165, 1.54) is 16.7 Å². The molecule has 0 aliphatic rings. The molecule has 5 nitrogen and oxygen atoms in total. The zero-order valence-corrected chi connectivity index (χ0v) is 17.5. The third-order valence-electron chi connectivity index (χ3n) is 4.94. The highest BCUT2D eigenvalue weighted by atomic mass is 16.5. The second-order valence-electron chi connectivity index (χ2n) is 7.27. The van der Waals surface area contributed by atoms with Gasteiger partial charge in [-0.2, -0.15) is 0 Å². The van der Waals surface area contributed by atoms with Gasteiger partial charge in [0.05, 0.1) is 5.69 Å². The van der Waals surface area contributed by atoms with E-state index in [1.54, 1.807) is 0 Å². The van der Waals surface area contributed by atoms with Gasteiger partial charge in [0.25, 0.3) is 0 Å². The predicted octanol–water partition coefficient (Wildman–Crippen LogP) is 6.35. The van der Waals surface area contributed by atoms with Crippen LogP contribution in [-0.4, -0.2) is 6.09 Å². The van der Waals surface area contributed by atoms with Crippen LogP contribution in [0, 0.1) is 0 Å². The number of carbonyl (C=O) groups is 1. The third-order valence-corrected chi connectivity index (χ3v) is 4.94.